The fraction of sp³-hybridized carbons (Fsp3) is 0.167. The van der Waals surface area contributed by atoms with E-state index in [9.17, 15) is 27.2 Å². The van der Waals surface area contributed by atoms with Crippen molar-refractivity contribution >= 4 is 22.7 Å². The Bertz CT molecular complexity index is 1290. The summed E-state index contributed by atoms with van der Waals surface area (Å²) in [6.07, 6.45) is -4.84. The van der Waals surface area contributed by atoms with E-state index >= 15 is 0 Å². The summed E-state index contributed by atoms with van der Waals surface area (Å²) in [5, 5.41) is 10.5. The van der Waals surface area contributed by atoms with Crippen molar-refractivity contribution in [3.63, 3.8) is 0 Å². The smallest absolute Gasteiger partial charge is 0.376 e. The Morgan fingerprint density at radius 3 is 2.35 bits per heavy atom. The van der Waals surface area contributed by atoms with Crippen LogP contribution in [0.25, 0.3) is 11.4 Å². The van der Waals surface area contributed by atoms with Gasteiger partial charge in [-0.1, -0.05) is 11.2 Å². The van der Waals surface area contributed by atoms with Gasteiger partial charge in [-0.3, -0.25) is 9.59 Å². The molecule has 0 fully saturated rings. The van der Waals surface area contributed by atoms with Crippen LogP contribution in [0.5, 0.6) is 0 Å². The lowest BCUT2D eigenvalue weighted by atomic mass is 10.1. The number of aromatic nitrogens is 3. The lowest BCUT2D eigenvalue weighted by Crippen LogP contribution is -2.37. The predicted octanol–water partition coefficient (Wildman–Crippen LogP) is 3.17. The molecular weight excluding hydrogens is 442 g/mol. The zero-order valence-corrected chi connectivity index (χ0v) is 16.1. The zero-order chi connectivity index (χ0) is 22.2. The summed E-state index contributed by atoms with van der Waals surface area (Å²) < 4.78 is 56.2. The number of halogens is 4. The number of anilines is 2. The molecule has 160 valence electrons. The van der Waals surface area contributed by atoms with Gasteiger partial charge in [0.25, 0.3) is 10.9 Å². The number of rotatable bonds is 7. The maximum atomic E-state index is 14.4. The van der Waals surface area contributed by atoms with Crippen LogP contribution in [-0.2, 0) is 19.3 Å². The number of nitrogens with zero attached hydrogens (tertiary/aromatic N) is 3. The van der Waals surface area contributed by atoms with Crippen molar-refractivity contribution in [1.29, 1.82) is 0 Å². The van der Waals surface area contributed by atoms with Crippen LogP contribution < -0.4 is 21.5 Å². The minimum atomic E-state index is -4.84. The second-order valence-corrected chi connectivity index (χ2v) is 7.05. The fourth-order valence-corrected chi connectivity index (χ4v) is 3.28. The van der Waals surface area contributed by atoms with Gasteiger partial charge in [-0.15, -0.1) is 11.3 Å². The molecule has 2 aromatic heterocycles. The molecule has 2 aromatic carbocycles. The van der Waals surface area contributed by atoms with E-state index in [1.165, 1.54) is 23.5 Å². The Hall–Kier alpha value is -3.61. The third kappa shape index (κ3) is 4.17. The molecule has 0 aliphatic carbocycles. The number of hydrogen-bond acceptors (Lipinski definition) is 9. The van der Waals surface area contributed by atoms with E-state index in [0.29, 0.717) is 11.3 Å². The Labute approximate surface area is 174 Å². The molecule has 0 atom stereocenters. The Kier molecular flexibility index (Phi) is 5.27. The molecule has 0 radical (unpaired) electrons. The third-order valence-electron chi connectivity index (χ3n) is 4.25. The van der Waals surface area contributed by atoms with E-state index in [1.807, 2.05) is 0 Å². The second kappa shape index (κ2) is 7.91. The summed E-state index contributed by atoms with van der Waals surface area (Å²) in [6.45, 7) is 0.254. The Morgan fingerprint density at radius 1 is 1.06 bits per heavy atom. The van der Waals surface area contributed by atoms with Gasteiger partial charge in [0.2, 0.25) is 5.82 Å². The van der Waals surface area contributed by atoms with E-state index in [-0.39, 0.29) is 30.0 Å². The molecule has 0 aliphatic heterocycles. The van der Waals surface area contributed by atoms with Gasteiger partial charge in [-0.25, -0.2) is 9.37 Å². The molecule has 2 N–H and O–H groups in total. The Morgan fingerprint density at radius 2 is 1.77 bits per heavy atom. The number of nitrogens with one attached hydrogen (secondary N) is 2. The van der Waals surface area contributed by atoms with Gasteiger partial charge in [0.1, 0.15) is 17.2 Å². The van der Waals surface area contributed by atoms with Crippen LogP contribution in [0.1, 0.15) is 17.1 Å². The van der Waals surface area contributed by atoms with Crippen molar-refractivity contribution in [2.24, 2.45) is 0 Å². The molecule has 0 unspecified atom stereocenters. The van der Waals surface area contributed by atoms with Gasteiger partial charge in [0, 0.05) is 11.9 Å². The molecule has 0 amide bonds. The van der Waals surface area contributed by atoms with Crippen LogP contribution in [-0.4, -0.2) is 15.1 Å². The molecule has 2 heterocycles. The molecule has 0 saturated heterocycles. The van der Waals surface area contributed by atoms with Crippen LogP contribution in [0.3, 0.4) is 0 Å². The van der Waals surface area contributed by atoms with Crippen LogP contribution in [0, 0.1) is 5.82 Å². The van der Waals surface area contributed by atoms with Crippen LogP contribution in [0.4, 0.5) is 28.9 Å². The van der Waals surface area contributed by atoms with Gasteiger partial charge in [0.15, 0.2) is 0 Å². The zero-order valence-electron chi connectivity index (χ0n) is 15.3. The molecule has 4 aromatic rings. The summed E-state index contributed by atoms with van der Waals surface area (Å²) >= 11 is 1.39. The molecule has 0 bridgehead atoms. The van der Waals surface area contributed by atoms with Crippen LogP contribution in [0.15, 0.2) is 43.2 Å². The van der Waals surface area contributed by atoms with Crippen molar-refractivity contribution in [2.45, 2.75) is 19.3 Å². The number of thiazole rings is 1. The normalized spacial score (nSPS) is 11.7. The first kappa shape index (κ1) is 20.7. The third-order valence-corrected chi connectivity index (χ3v) is 4.89. The summed E-state index contributed by atoms with van der Waals surface area (Å²) in [5.74, 6) is -2.99. The second-order valence-electron chi connectivity index (χ2n) is 6.33. The highest BCUT2D eigenvalue weighted by Crippen LogP contribution is 2.30. The monoisotopic (exact) mass is 453 g/mol. The summed E-state index contributed by atoms with van der Waals surface area (Å²) in [6, 6.07) is 3.67. The fourth-order valence-electron chi connectivity index (χ4n) is 2.72. The minimum Gasteiger partial charge on any atom is -0.376 e. The topological polar surface area (TPSA) is 110 Å². The van der Waals surface area contributed by atoms with Gasteiger partial charge >= 0.3 is 12.1 Å². The highest BCUT2D eigenvalue weighted by molar-refractivity contribution is 7.07. The molecular formula is C18H11F4N5O3S. The minimum absolute atomic E-state index is 0.00647. The maximum absolute atomic E-state index is 14.4. The summed E-state index contributed by atoms with van der Waals surface area (Å²) in [4.78, 5) is 30.8. The van der Waals surface area contributed by atoms with Crippen molar-refractivity contribution in [2.75, 3.05) is 10.6 Å². The van der Waals surface area contributed by atoms with Gasteiger partial charge in [-0.05, 0) is 17.7 Å². The first-order chi connectivity index (χ1) is 14.7. The molecule has 13 heteroatoms. The van der Waals surface area contributed by atoms with Gasteiger partial charge < -0.3 is 15.2 Å². The van der Waals surface area contributed by atoms with E-state index in [1.54, 1.807) is 10.9 Å². The van der Waals surface area contributed by atoms with E-state index < -0.39 is 34.6 Å². The van der Waals surface area contributed by atoms with Crippen molar-refractivity contribution in [1.82, 2.24) is 15.1 Å². The van der Waals surface area contributed by atoms with E-state index in [4.69, 9.17) is 0 Å². The first-order valence-corrected chi connectivity index (χ1v) is 9.56. The van der Waals surface area contributed by atoms with Gasteiger partial charge in [0.05, 0.1) is 23.3 Å². The number of benzene rings is 1. The van der Waals surface area contributed by atoms with Crippen LogP contribution in [0.2, 0.25) is 0 Å². The van der Waals surface area contributed by atoms with Crippen molar-refractivity contribution < 1.29 is 22.1 Å². The highest BCUT2D eigenvalue weighted by Gasteiger charge is 2.38. The van der Waals surface area contributed by atoms with E-state index in [0.717, 1.165) is 6.07 Å². The lowest BCUT2D eigenvalue weighted by molar-refractivity contribution is -0.159. The molecule has 31 heavy (non-hydrogen) atoms. The van der Waals surface area contributed by atoms with E-state index in [2.05, 4.69) is 30.3 Å². The average Bonchev–Trinajstić information content (AvgIpc) is 3.41. The van der Waals surface area contributed by atoms with Crippen molar-refractivity contribution in [3.8, 4) is 11.4 Å². The predicted molar refractivity (Wildman–Crippen MR) is 103 cm³/mol. The molecule has 4 rings (SSSR count). The molecule has 8 nitrogen and oxygen atoms in total. The average molecular weight is 453 g/mol. The van der Waals surface area contributed by atoms with Crippen molar-refractivity contribution in [3.05, 3.63) is 72.5 Å². The maximum Gasteiger partial charge on any atom is 0.471 e. The van der Waals surface area contributed by atoms with Crippen LogP contribution >= 0.6 is 11.3 Å². The number of hydrogen-bond donors (Lipinski definition) is 2. The lowest BCUT2D eigenvalue weighted by Gasteiger charge is -2.14. The molecule has 0 aliphatic rings. The largest absolute Gasteiger partial charge is 0.471 e. The standard InChI is InChI=1S/C18H11F4N5O3S/c19-11-3-8(1-2-10(11)16-26-17(30-27-16)18(20,21)22)4-23-12-13(15(29)14(12)28)24-5-9-6-31-7-25-9/h1-3,6-7,23-24H,4-5H2. The Balaban J connectivity index is 1.45. The highest BCUT2D eigenvalue weighted by atomic mass is 32.1. The quantitative estimate of drug-likeness (QED) is 0.324. The summed E-state index contributed by atoms with van der Waals surface area (Å²) in [7, 11) is 0. The summed E-state index contributed by atoms with van der Waals surface area (Å²) in [5.41, 5.74) is 1.24. The van der Waals surface area contributed by atoms with Gasteiger partial charge in [-0.2, -0.15) is 18.2 Å². The number of alkyl halides is 3. The molecule has 0 spiro atoms. The first-order valence-electron chi connectivity index (χ1n) is 8.62. The molecule has 0 saturated carbocycles. The SMILES string of the molecule is O=c1c(NCc2ccc(-c3noc(C(F)(F)F)n3)c(F)c2)c(NCc2cscn2)c1=O.